The van der Waals surface area contributed by atoms with E-state index in [9.17, 15) is 14.4 Å². The molecule has 8 heteroatoms. The van der Waals surface area contributed by atoms with Gasteiger partial charge in [-0.3, -0.25) is 24.0 Å². The number of hydrogen-bond acceptors (Lipinski definition) is 5. The quantitative estimate of drug-likeness (QED) is 0.874. The largest absolute Gasteiger partial charge is 0.451 e. The first-order valence-electron chi connectivity index (χ1n) is 7.84. The number of fused-ring (bicyclic) bond motifs is 2. The van der Waals surface area contributed by atoms with Crippen molar-refractivity contribution in [1.29, 1.82) is 0 Å². The maximum atomic E-state index is 13.0. The zero-order valence-corrected chi connectivity index (χ0v) is 13.5. The molecule has 2 aliphatic heterocycles. The van der Waals surface area contributed by atoms with Crippen LogP contribution in [0.2, 0.25) is 0 Å². The van der Waals surface area contributed by atoms with E-state index in [1.807, 2.05) is 6.07 Å². The number of rotatable bonds is 2. The second kappa shape index (κ2) is 5.66. The molecule has 8 nitrogen and oxygen atoms in total. The first kappa shape index (κ1) is 15.3. The molecule has 4 rings (SSSR count). The smallest absolute Gasteiger partial charge is 0.279 e. The van der Waals surface area contributed by atoms with E-state index in [1.54, 1.807) is 31.3 Å². The van der Waals surface area contributed by atoms with Crippen LogP contribution < -0.4 is 15.6 Å². The molecule has 1 unspecified atom stereocenters. The van der Waals surface area contributed by atoms with E-state index < -0.39 is 6.17 Å². The van der Waals surface area contributed by atoms with Crippen molar-refractivity contribution < 1.29 is 14.3 Å². The minimum Gasteiger partial charge on any atom is -0.451 e. The molecule has 2 aromatic rings. The third-order valence-corrected chi connectivity index (χ3v) is 4.30. The number of pyridine rings is 1. The van der Waals surface area contributed by atoms with Crippen LogP contribution in [-0.4, -0.2) is 46.2 Å². The van der Waals surface area contributed by atoms with Crippen LogP contribution >= 0.6 is 0 Å². The van der Waals surface area contributed by atoms with Crippen LogP contribution in [0.5, 0.6) is 11.5 Å². The molecule has 0 bridgehead atoms. The number of nitrogens with zero attached hydrogens (tertiary/aromatic N) is 3. The SMILES string of the molecule is CN1CN2C(=O)c3c(Oc4ccccc4)c(=O)ccn3NC2CC1=O. The first-order valence-corrected chi connectivity index (χ1v) is 7.84. The second-order valence-electron chi connectivity index (χ2n) is 6.00. The number of benzene rings is 1. The number of carbonyl (C=O) groups excluding carboxylic acids is 2. The van der Waals surface area contributed by atoms with E-state index in [1.165, 1.54) is 26.7 Å². The van der Waals surface area contributed by atoms with Gasteiger partial charge in [-0.05, 0) is 12.1 Å². The zero-order chi connectivity index (χ0) is 17.6. The van der Waals surface area contributed by atoms with E-state index in [4.69, 9.17) is 4.74 Å². The number of amides is 2. The van der Waals surface area contributed by atoms with Gasteiger partial charge in [0.2, 0.25) is 17.1 Å². The Labute approximate surface area is 143 Å². The predicted octanol–water partition coefficient (Wildman–Crippen LogP) is 0.786. The molecule has 0 radical (unpaired) electrons. The molecule has 128 valence electrons. The van der Waals surface area contributed by atoms with Gasteiger partial charge in [0.15, 0.2) is 5.69 Å². The lowest BCUT2D eigenvalue weighted by atomic mass is 10.1. The van der Waals surface area contributed by atoms with Gasteiger partial charge in [0.05, 0.1) is 13.1 Å². The fraction of sp³-hybridized carbons (Fsp3) is 0.235. The van der Waals surface area contributed by atoms with Crippen molar-refractivity contribution in [2.75, 3.05) is 19.1 Å². The molecular weight excluding hydrogens is 324 g/mol. The van der Waals surface area contributed by atoms with Gasteiger partial charge in [-0.25, -0.2) is 0 Å². The standard InChI is InChI=1S/C17H16N4O4/c1-19-10-20-13(9-14(19)23)18-21-8-7-12(22)16(15(21)17(20)24)25-11-5-3-2-4-6-11/h2-8,13,18H,9-10H2,1H3. The highest BCUT2D eigenvalue weighted by molar-refractivity contribution is 5.97. The molecule has 1 atom stereocenters. The summed E-state index contributed by atoms with van der Waals surface area (Å²) in [6.45, 7) is 0.156. The number of aromatic nitrogens is 1. The molecule has 1 saturated heterocycles. The Hall–Kier alpha value is -3.29. The summed E-state index contributed by atoms with van der Waals surface area (Å²) >= 11 is 0. The predicted molar refractivity (Wildman–Crippen MR) is 88.8 cm³/mol. The number of nitrogens with one attached hydrogen (secondary N) is 1. The monoisotopic (exact) mass is 340 g/mol. The Kier molecular flexibility index (Phi) is 3.45. The van der Waals surface area contributed by atoms with Crippen LogP contribution in [-0.2, 0) is 4.79 Å². The molecule has 1 N–H and O–H groups in total. The van der Waals surface area contributed by atoms with E-state index in [0.29, 0.717) is 5.75 Å². The Morgan fingerprint density at radius 1 is 1.12 bits per heavy atom. The van der Waals surface area contributed by atoms with Crippen LogP contribution in [0.15, 0.2) is 47.4 Å². The van der Waals surface area contributed by atoms with Crippen molar-refractivity contribution in [3.8, 4) is 11.5 Å². The molecule has 0 saturated carbocycles. The van der Waals surface area contributed by atoms with Crippen molar-refractivity contribution in [2.45, 2.75) is 12.6 Å². The molecule has 0 spiro atoms. The molecule has 0 aliphatic carbocycles. The maximum Gasteiger partial charge on any atom is 0.279 e. The molecule has 25 heavy (non-hydrogen) atoms. The van der Waals surface area contributed by atoms with E-state index >= 15 is 0 Å². The Morgan fingerprint density at radius 3 is 2.64 bits per heavy atom. The average molecular weight is 340 g/mol. The number of carbonyl (C=O) groups is 2. The summed E-state index contributed by atoms with van der Waals surface area (Å²) in [5.74, 6) is 0.0252. The highest BCUT2D eigenvalue weighted by Crippen LogP contribution is 2.27. The summed E-state index contributed by atoms with van der Waals surface area (Å²) in [7, 11) is 1.64. The lowest BCUT2D eigenvalue weighted by Gasteiger charge is -2.44. The lowest BCUT2D eigenvalue weighted by molar-refractivity contribution is -0.137. The minimum atomic E-state index is -0.448. The topological polar surface area (TPSA) is 83.9 Å². The van der Waals surface area contributed by atoms with Crippen LogP contribution in [0.4, 0.5) is 0 Å². The van der Waals surface area contributed by atoms with Gasteiger partial charge < -0.3 is 15.1 Å². The van der Waals surface area contributed by atoms with Crippen molar-refractivity contribution in [3.63, 3.8) is 0 Å². The molecule has 1 aromatic heterocycles. The van der Waals surface area contributed by atoms with Crippen molar-refractivity contribution >= 4 is 11.8 Å². The first-order chi connectivity index (χ1) is 12.0. The van der Waals surface area contributed by atoms with Gasteiger partial charge in [-0.2, -0.15) is 0 Å². The highest BCUT2D eigenvalue weighted by Gasteiger charge is 2.40. The fourth-order valence-electron chi connectivity index (χ4n) is 2.99. The van der Waals surface area contributed by atoms with Crippen molar-refractivity contribution in [2.24, 2.45) is 0 Å². The van der Waals surface area contributed by atoms with Gasteiger partial charge in [-0.15, -0.1) is 0 Å². The van der Waals surface area contributed by atoms with Gasteiger partial charge in [-0.1, -0.05) is 18.2 Å². The number of ether oxygens (including phenoxy) is 1. The normalized spacial score (nSPS) is 19.2. The summed E-state index contributed by atoms with van der Waals surface area (Å²) < 4.78 is 7.16. The summed E-state index contributed by atoms with van der Waals surface area (Å²) in [6.07, 6.45) is 1.20. The molecule has 3 heterocycles. The highest BCUT2D eigenvalue weighted by atomic mass is 16.5. The zero-order valence-electron chi connectivity index (χ0n) is 13.5. The fourth-order valence-corrected chi connectivity index (χ4v) is 2.99. The van der Waals surface area contributed by atoms with Crippen LogP contribution in [0.3, 0.4) is 0 Å². The Balaban J connectivity index is 1.77. The van der Waals surface area contributed by atoms with Crippen LogP contribution in [0.1, 0.15) is 16.9 Å². The van der Waals surface area contributed by atoms with Gasteiger partial charge >= 0.3 is 0 Å². The van der Waals surface area contributed by atoms with Crippen LogP contribution in [0.25, 0.3) is 0 Å². The lowest BCUT2D eigenvalue weighted by Crippen LogP contribution is -2.62. The molecular formula is C17H16N4O4. The molecule has 1 aromatic carbocycles. The molecule has 2 amide bonds. The van der Waals surface area contributed by atoms with E-state index in [0.717, 1.165) is 0 Å². The summed E-state index contributed by atoms with van der Waals surface area (Å²) in [4.78, 5) is 40.2. The number of hydrogen-bond donors (Lipinski definition) is 1. The minimum absolute atomic E-state index is 0.0378. The average Bonchev–Trinajstić information content (AvgIpc) is 2.60. The van der Waals surface area contributed by atoms with E-state index in [2.05, 4.69) is 5.43 Å². The number of para-hydroxylation sites is 1. The van der Waals surface area contributed by atoms with Gasteiger partial charge in [0, 0.05) is 19.3 Å². The van der Waals surface area contributed by atoms with E-state index in [-0.39, 0.29) is 41.8 Å². The summed E-state index contributed by atoms with van der Waals surface area (Å²) in [6, 6.07) is 10.1. The Bertz CT molecular complexity index is 909. The summed E-state index contributed by atoms with van der Waals surface area (Å²) in [5.41, 5.74) is 2.83. The Morgan fingerprint density at radius 2 is 1.88 bits per heavy atom. The molecule has 1 fully saturated rings. The molecule has 2 aliphatic rings. The van der Waals surface area contributed by atoms with Crippen molar-refractivity contribution in [1.82, 2.24) is 14.5 Å². The van der Waals surface area contributed by atoms with Crippen molar-refractivity contribution in [3.05, 3.63) is 58.5 Å². The third kappa shape index (κ3) is 2.51. The van der Waals surface area contributed by atoms with Crippen LogP contribution in [0, 0.1) is 0 Å². The summed E-state index contributed by atoms with van der Waals surface area (Å²) in [5, 5.41) is 0. The third-order valence-electron chi connectivity index (χ3n) is 4.30. The van der Waals surface area contributed by atoms with Gasteiger partial charge in [0.1, 0.15) is 11.9 Å². The second-order valence-corrected chi connectivity index (χ2v) is 6.00. The maximum absolute atomic E-state index is 13.0. The van der Waals surface area contributed by atoms with Gasteiger partial charge in [0.25, 0.3) is 5.91 Å².